The molecule has 0 aromatic heterocycles. The normalized spacial score (nSPS) is 12.0. The SMILES string of the molecule is CCO[Si](CC(C)(C)C)(Oc1ccccc1)Oc1ccccc1. The molecule has 2 aromatic rings. The van der Waals surface area contributed by atoms with Crippen LogP contribution >= 0.6 is 0 Å². The van der Waals surface area contributed by atoms with Crippen molar-refractivity contribution < 1.29 is 13.3 Å². The Hall–Kier alpha value is -1.78. The molecule has 3 nitrogen and oxygen atoms in total. The first kappa shape index (κ1) is 17.6. The van der Waals surface area contributed by atoms with Crippen LogP contribution in [0, 0.1) is 5.41 Å². The molecule has 0 fully saturated rings. The summed E-state index contributed by atoms with van der Waals surface area (Å²) in [6, 6.07) is 20.3. The van der Waals surface area contributed by atoms with Crippen molar-refractivity contribution in [1.82, 2.24) is 0 Å². The lowest BCUT2D eigenvalue weighted by molar-refractivity contribution is 0.160. The molecular formula is C19H26O3Si. The molecule has 4 heteroatoms. The lowest BCUT2D eigenvalue weighted by atomic mass is 10.0. The summed E-state index contributed by atoms with van der Waals surface area (Å²) >= 11 is 0. The van der Waals surface area contributed by atoms with Crippen molar-refractivity contribution in [2.24, 2.45) is 5.41 Å². The molecule has 0 amide bonds. The maximum atomic E-state index is 6.32. The van der Waals surface area contributed by atoms with E-state index < -0.39 is 8.80 Å². The summed E-state index contributed by atoms with van der Waals surface area (Å²) in [6.07, 6.45) is 0. The molecule has 2 rings (SSSR count). The first-order valence-corrected chi connectivity index (χ1v) is 9.98. The van der Waals surface area contributed by atoms with Crippen molar-refractivity contribution in [3.8, 4) is 11.5 Å². The van der Waals surface area contributed by atoms with Gasteiger partial charge >= 0.3 is 8.80 Å². The van der Waals surface area contributed by atoms with Crippen LogP contribution in [0.1, 0.15) is 27.7 Å². The first-order chi connectivity index (χ1) is 10.9. The van der Waals surface area contributed by atoms with Crippen LogP contribution in [0.25, 0.3) is 0 Å². The van der Waals surface area contributed by atoms with E-state index in [2.05, 4.69) is 20.8 Å². The average Bonchev–Trinajstić information content (AvgIpc) is 2.47. The molecule has 0 spiro atoms. The summed E-state index contributed by atoms with van der Waals surface area (Å²) in [5.74, 6) is 1.57. The molecule has 0 aliphatic carbocycles. The standard InChI is InChI=1S/C19H26O3Si/c1-5-20-23(16-19(2,3)4,21-17-12-8-6-9-13-17)22-18-14-10-7-11-15-18/h6-15H,5,16H2,1-4H3. The minimum atomic E-state index is -2.91. The van der Waals surface area contributed by atoms with Gasteiger partial charge in [0.15, 0.2) is 0 Å². The van der Waals surface area contributed by atoms with Gasteiger partial charge in [-0.15, -0.1) is 0 Å². The highest BCUT2D eigenvalue weighted by molar-refractivity contribution is 6.62. The minimum absolute atomic E-state index is 0.0327. The van der Waals surface area contributed by atoms with Gasteiger partial charge in [-0.25, -0.2) is 0 Å². The van der Waals surface area contributed by atoms with E-state index in [0.717, 1.165) is 17.5 Å². The largest absolute Gasteiger partial charge is 0.632 e. The molecule has 0 radical (unpaired) electrons. The highest BCUT2D eigenvalue weighted by atomic mass is 28.4. The van der Waals surface area contributed by atoms with Gasteiger partial charge in [-0.3, -0.25) is 0 Å². The lowest BCUT2D eigenvalue weighted by Gasteiger charge is -2.34. The Labute approximate surface area is 140 Å². The minimum Gasteiger partial charge on any atom is -0.492 e. The molecule has 0 atom stereocenters. The predicted octanol–water partition coefficient (Wildman–Crippen LogP) is 5.17. The van der Waals surface area contributed by atoms with Crippen LogP contribution in [-0.2, 0) is 4.43 Å². The Balaban J connectivity index is 2.33. The number of rotatable bonds is 7. The van der Waals surface area contributed by atoms with Crippen LogP contribution in [0.5, 0.6) is 11.5 Å². The third-order valence-corrected chi connectivity index (χ3v) is 6.46. The van der Waals surface area contributed by atoms with Crippen molar-refractivity contribution >= 4 is 8.80 Å². The van der Waals surface area contributed by atoms with Crippen LogP contribution in [0.2, 0.25) is 6.04 Å². The van der Waals surface area contributed by atoms with Gasteiger partial charge in [0, 0.05) is 12.7 Å². The van der Waals surface area contributed by atoms with Crippen LogP contribution in [0.4, 0.5) is 0 Å². The van der Waals surface area contributed by atoms with Gasteiger partial charge in [0.05, 0.1) is 0 Å². The summed E-state index contributed by atoms with van der Waals surface area (Å²) in [5.41, 5.74) is 0.0327. The second-order valence-electron chi connectivity index (χ2n) is 6.68. The van der Waals surface area contributed by atoms with Crippen molar-refractivity contribution in [3.05, 3.63) is 60.7 Å². The van der Waals surface area contributed by atoms with Crippen LogP contribution in [-0.4, -0.2) is 15.4 Å². The number of hydrogen-bond acceptors (Lipinski definition) is 3. The molecule has 0 aliphatic heterocycles. The molecular weight excluding hydrogens is 304 g/mol. The zero-order valence-corrected chi connectivity index (χ0v) is 15.4. The fourth-order valence-electron chi connectivity index (χ4n) is 2.41. The summed E-state index contributed by atoms with van der Waals surface area (Å²) < 4.78 is 18.7. The molecule has 0 N–H and O–H groups in total. The monoisotopic (exact) mass is 330 g/mol. The number of hydrogen-bond donors (Lipinski definition) is 0. The Kier molecular flexibility index (Phi) is 5.85. The van der Waals surface area contributed by atoms with Gasteiger partial charge in [0.25, 0.3) is 0 Å². The summed E-state index contributed by atoms with van der Waals surface area (Å²) in [6.45, 7) is 9.07. The zero-order chi connectivity index (χ0) is 16.8. The van der Waals surface area contributed by atoms with Crippen molar-refractivity contribution in [1.29, 1.82) is 0 Å². The molecule has 0 bridgehead atoms. The lowest BCUT2D eigenvalue weighted by Crippen LogP contribution is -2.54. The van der Waals surface area contributed by atoms with E-state index in [1.54, 1.807) is 0 Å². The predicted molar refractivity (Wildman–Crippen MR) is 95.8 cm³/mol. The third kappa shape index (κ3) is 5.73. The topological polar surface area (TPSA) is 27.7 Å². The molecule has 0 heterocycles. The van der Waals surface area contributed by atoms with Crippen molar-refractivity contribution in [2.75, 3.05) is 6.61 Å². The molecule has 2 aromatic carbocycles. The first-order valence-electron chi connectivity index (χ1n) is 8.04. The van der Waals surface area contributed by atoms with Gasteiger partial charge in [-0.2, -0.15) is 0 Å². The Morgan fingerprint density at radius 1 is 0.783 bits per heavy atom. The van der Waals surface area contributed by atoms with Crippen LogP contribution in [0.15, 0.2) is 60.7 Å². The Morgan fingerprint density at radius 2 is 1.22 bits per heavy atom. The van der Waals surface area contributed by atoms with Crippen molar-refractivity contribution in [3.63, 3.8) is 0 Å². The zero-order valence-electron chi connectivity index (χ0n) is 14.4. The second kappa shape index (κ2) is 7.66. The fraction of sp³-hybridized carbons (Fsp3) is 0.368. The smallest absolute Gasteiger partial charge is 0.492 e. The molecule has 0 saturated heterocycles. The quantitative estimate of drug-likeness (QED) is 0.656. The van der Waals surface area contributed by atoms with E-state index in [-0.39, 0.29) is 5.41 Å². The van der Waals surface area contributed by atoms with Gasteiger partial charge in [0.1, 0.15) is 11.5 Å². The van der Waals surface area contributed by atoms with Gasteiger partial charge in [-0.05, 0) is 36.6 Å². The number of para-hydroxylation sites is 2. The fourth-order valence-corrected chi connectivity index (χ4v) is 5.54. The summed E-state index contributed by atoms with van der Waals surface area (Å²) in [5, 5.41) is 0. The second-order valence-corrected chi connectivity index (χ2v) is 9.10. The van der Waals surface area contributed by atoms with E-state index in [9.17, 15) is 0 Å². The van der Waals surface area contributed by atoms with E-state index >= 15 is 0 Å². The number of benzene rings is 2. The summed E-state index contributed by atoms with van der Waals surface area (Å²) in [4.78, 5) is 0. The third-order valence-electron chi connectivity index (χ3n) is 3.14. The van der Waals surface area contributed by atoms with E-state index in [0.29, 0.717) is 6.61 Å². The van der Waals surface area contributed by atoms with Crippen LogP contribution < -0.4 is 8.85 Å². The van der Waals surface area contributed by atoms with Gasteiger partial charge in [-0.1, -0.05) is 57.2 Å². The van der Waals surface area contributed by atoms with Gasteiger partial charge < -0.3 is 13.3 Å². The Bertz CT molecular complexity index is 537. The van der Waals surface area contributed by atoms with E-state index in [1.165, 1.54) is 0 Å². The van der Waals surface area contributed by atoms with Crippen LogP contribution in [0.3, 0.4) is 0 Å². The maximum absolute atomic E-state index is 6.32. The van der Waals surface area contributed by atoms with E-state index in [1.807, 2.05) is 67.6 Å². The molecule has 0 aliphatic rings. The maximum Gasteiger partial charge on any atom is 0.632 e. The summed E-state index contributed by atoms with van der Waals surface area (Å²) in [7, 11) is -2.91. The van der Waals surface area contributed by atoms with Gasteiger partial charge in [0.2, 0.25) is 0 Å². The molecule has 0 saturated carbocycles. The highest BCUT2D eigenvalue weighted by Gasteiger charge is 2.49. The average molecular weight is 330 g/mol. The molecule has 124 valence electrons. The molecule has 23 heavy (non-hydrogen) atoms. The highest BCUT2D eigenvalue weighted by Crippen LogP contribution is 2.32. The molecule has 0 unspecified atom stereocenters. The van der Waals surface area contributed by atoms with E-state index in [4.69, 9.17) is 13.3 Å². The Morgan fingerprint density at radius 3 is 1.57 bits per heavy atom. The van der Waals surface area contributed by atoms with Crippen molar-refractivity contribution in [2.45, 2.75) is 33.7 Å².